The van der Waals surface area contributed by atoms with Gasteiger partial charge in [0.15, 0.2) is 0 Å². The standard InChI is InChI=1S/C22H18ClN3O5S/c1-30-18-7-14(8-20(12-18)31-19-9-15(13-24)6-16(23)11-19)10-22(27)26-17-2-4-21(5-3-17)32(25,28)29/h2-9,11-12H,10H2,1H3,(H,26,27)(H2,25,28,29). The Kier molecular flexibility index (Phi) is 7.00. The van der Waals surface area contributed by atoms with Crippen molar-refractivity contribution < 1.29 is 22.7 Å². The predicted molar refractivity (Wildman–Crippen MR) is 119 cm³/mol. The van der Waals surface area contributed by atoms with Crippen LogP contribution in [0.2, 0.25) is 5.02 Å². The van der Waals surface area contributed by atoms with Crippen molar-refractivity contribution >= 4 is 33.2 Å². The van der Waals surface area contributed by atoms with Crippen LogP contribution in [-0.2, 0) is 21.2 Å². The molecule has 3 N–H and O–H groups in total. The van der Waals surface area contributed by atoms with Crippen molar-refractivity contribution in [2.45, 2.75) is 11.3 Å². The van der Waals surface area contributed by atoms with Gasteiger partial charge in [0.05, 0.1) is 30.1 Å². The minimum atomic E-state index is -3.81. The molecule has 0 fully saturated rings. The fourth-order valence-electron chi connectivity index (χ4n) is 2.85. The molecule has 0 heterocycles. The molecule has 0 saturated heterocycles. The number of halogens is 1. The van der Waals surface area contributed by atoms with Gasteiger partial charge in [-0.3, -0.25) is 4.79 Å². The zero-order valence-electron chi connectivity index (χ0n) is 16.8. The maximum atomic E-state index is 12.5. The van der Waals surface area contributed by atoms with Crippen molar-refractivity contribution in [1.29, 1.82) is 5.26 Å². The molecule has 3 aromatic rings. The van der Waals surface area contributed by atoms with Crippen LogP contribution in [0.15, 0.2) is 65.6 Å². The molecule has 0 atom stereocenters. The summed E-state index contributed by atoms with van der Waals surface area (Å²) in [6, 6.07) is 17.1. The van der Waals surface area contributed by atoms with Crippen molar-refractivity contribution in [1.82, 2.24) is 0 Å². The number of amides is 1. The van der Waals surface area contributed by atoms with E-state index in [0.717, 1.165) is 0 Å². The fourth-order valence-corrected chi connectivity index (χ4v) is 3.59. The van der Waals surface area contributed by atoms with Gasteiger partial charge in [-0.05, 0) is 60.2 Å². The molecule has 32 heavy (non-hydrogen) atoms. The number of anilines is 1. The molecular weight excluding hydrogens is 454 g/mol. The second-order valence-corrected chi connectivity index (χ2v) is 8.70. The van der Waals surface area contributed by atoms with Gasteiger partial charge in [-0.15, -0.1) is 0 Å². The first kappa shape index (κ1) is 23.1. The Morgan fingerprint density at radius 1 is 1.06 bits per heavy atom. The van der Waals surface area contributed by atoms with Crippen molar-refractivity contribution in [2.24, 2.45) is 5.14 Å². The van der Waals surface area contributed by atoms with Crippen molar-refractivity contribution in [2.75, 3.05) is 12.4 Å². The normalized spacial score (nSPS) is 10.8. The van der Waals surface area contributed by atoms with E-state index in [1.165, 1.54) is 37.4 Å². The Hall–Kier alpha value is -3.58. The minimum Gasteiger partial charge on any atom is -0.497 e. The van der Waals surface area contributed by atoms with Crippen LogP contribution in [0, 0.1) is 11.3 Å². The monoisotopic (exact) mass is 471 g/mol. The highest BCUT2D eigenvalue weighted by Gasteiger charge is 2.11. The van der Waals surface area contributed by atoms with Crippen LogP contribution in [0.4, 0.5) is 5.69 Å². The molecule has 0 unspecified atom stereocenters. The number of primary sulfonamides is 1. The van der Waals surface area contributed by atoms with E-state index in [9.17, 15) is 13.2 Å². The topological polar surface area (TPSA) is 132 Å². The highest BCUT2D eigenvalue weighted by atomic mass is 35.5. The Morgan fingerprint density at radius 3 is 2.34 bits per heavy atom. The molecular formula is C22H18ClN3O5S. The average molecular weight is 472 g/mol. The van der Waals surface area contributed by atoms with Gasteiger partial charge in [0, 0.05) is 16.8 Å². The van der Waals surface area contributed by atoms with E-state index in [-0.39, 0.29) is 17.2 Å². The third-order valence-corrected chi connectivity index (χ3v) is 5.39. The SMILES string of the molecule is COc1cc(CC(=O)Nc2ccc(S(N)(=O)=O)cc2)cc(Oc2cc(Cl)cc(C#N)c2)c1. The van der Waals surface area contributed by atoms with Crippen LogP contribution in [0.25, 0.3) is 0 Å². The number of nitriles is 1. The van der Waals surface area contributed by atoms with E-state index in [2.05, 4.69) is 5.32 Å². The second kappa shape index (κ2) is 9.70. The number of rotatable bonds is 7. The number of methoxy groups -OCH3 is 1. The smallest absolute Gasteiger partial charge is 0.238 e. The van der Waals surface area contributed by atoms with Crippen LogP contribution < -0.4 is 19.9 Å². The van der Waals surface area contributed by atoms with Crippen molar-refractivity contribution in [3.05, 3.63) is 76.8 Å². The van der Waals surface area contributed by atoms with Crippen LogP contribution in [-0.4, -0.2) is 21.4 Å². The van der Waals surface area contributed by atoms with Crippen molar-refractivity contribution in [3.63, 3.8) is 0 Å². The number of nitrogens with zero attached hydrogens (tertiary/aromatic N) is 1. The molecule has 0 aliphatic rings. The van der Waals surface area contributed by atoms with Gasteiger partial charge >= 0.3 is 0 Å². The number of benzene rings is 3. The zero-order valence-corrected chi connectivity index (χ0v) is 18.4. The number of nitrogens with one attached hydrogen (secondary N) is 1. The molecule has 0 spiro atoms. The Morgan fingerprint density at radius 2 is 1.72 bits per heavy atom. The molecule has 0 aliphatic heterocycles. The van der Waals surface area contributed by atoms with Crippen molar-refractivity contribution in [3.8, 4) is 23.3 Å². The quantitative estimate of drug-likeness (QED) is 0.538. The van der Waals surface area contributed by atoms with Crippen LogP contribution >= 0.6 is 11.6 Å². The number of hydrogen-bond donors (Lipinski definition) is 2. The summed E-state index contributed by atoms with van der Waals surface area (Å²) in [7, 11) is -2.32. The van der Waals surface area contributed by atoms with Gasteiger partial charge in [0.1, 0.15) is 17.2 Å². The summed E-state index contributed by atoms with van der Waals surface area (Å²) >= 11 is 6.02. The lowest BCUT2D eigenvalue weighted by Gasteiger charge is -2.12. The number of carbonyl (C=O) groups excluding carboxylic acids is 1. The lowest BCUT2D eigenvalue weighted by molar-refractivity contribution is -0.115. The summed E-state index contributed by atoms with van der Waals surface area (Å²) in [5.41, 5.74) is 1.38. The summed E-state index contributed by atoms with van der Waals surface area (Å²) in [4.78, 5) is 12.4. The van der Waals surface area contributed by atoms with E-state index in [1.807, 2.05) is 6.07 Å². The number of sulfonamides is 1. The number of nitrogens with two attached hydrogens (primary N) is 1. The van der Waals surface area contributed by atoms with E-state index in [4.69, 9.17) is 31.5 Å². The lowest BCUT2D eigenvalue weighted by atomic mass is 10.1. The Balaban J connectivity index is 1.76. The zero-order chi connectivity index (χ0) is 23.3. The van der Waals surface area contributed by atoms with Crippen LogP contribution in [0.3, 0.4) is 0 Å². The van der Waals surface area contributed by atoms with Gasteiger partial charge in [-0.2, -0.15) is 5.26 Å². The molecule has 0 bridgehead atoms. The lowest BCUT2D eigenvalue weighted by Crippen LogP contribution is -2.15. The maximum absolute atomic E-state index is 12.5. The van der Waals surface area contributed by atoms with E-state index < -0.39 is 10.0 Å². The first-order valence-electron chi connectivity index (χ1n) is 9.15. The molecule has 0 radical (unpaired) electrons. The van der Waals surface area contributed by atoms with E-state index in [0.29, 0.717) is 39.1 Å². The molecule has 164 valence electrons. The van der Waals surface area contributed by atoms with Gasteiger partial charge < -0.3 is 14.8 Å². The molecule has 3 aromatic carbocycles. The molecule has 0 aromatic heterocycles. The summed E-state index contributed by atoms with van der Waals surface area (Å²) < 4.78 is 33.8. The summed E-state index contributed by atoms with van der Waals surface area (Å²) in [5, 5.41) is 17.2. The van der Waals surface area contributed by atoms with E-state index in [1.54, 1.807) is 30.3 Å². The highest BCUT2D eigenvalue weighted by Crippen LogP contribution is 2.30. The number of hydrogen-bond acceptors (Lipinski definition) is 6. The first-order valence-corrected chi connectivity index (χ1v) is 11.1. The molecule has 1 amide bonds. The largest absolute Gasteiger partial charge is 0.497 e. The van der Waals surface area contributed by atoms with Gasteiger partial charge in [0.25, 0.3) is 0 Å². The number of ether oxygens (including phenoxy) is 2. The van der Waals surface area contributed by atoms with Crippen LogP contribution in [0.5, 0.6) is 17.2 Å². The maximum Gasteiger partial charge on any atom is 0.238 e. The third kappa shape index (κ3) is 6.21. The number of carbonyl (C=O) groups is 1. The molecule has 8 nitrogen and oxygen atoms in total. The Labute approximate surface area is 190 Å². The minimum absolute atomic E-state index is 0.00346. The highest BCUT2D eigenvalue weighted by molar-refractivity contribution is 7.89. The molecule has 10 heteroatoms. The third-order valence-electron chi connectivity index (χ3n) is 4.24. The molecule has 3 rings (SSSR count). The van der Waals surface area contributed by atoms with Gasteiger partial charge in [-0.25, -0.2) is 13.6 Å². The average Bonchev–Trinajstić information content (AvgIpc) is 2.72. The molecule has 0 aliphatic carbocycles. The Bertz CT molecular complexity index is 1300. The summed E-state index contributed by atoms with van der Waals surface area (Å²) in [6.07, 6.45) is 0.00346. The van der Waals surface area contributed by atoms with Crippen LogP contribution in [0.1, 0.15) is 11.1 Å². The predicted octanol–water partition coefficient (Wildman–Crippen LogP) is 3.84. The van der Waals surface area contributed by atoms with Gasteiger partial charge in [0.2, 0.25) is 15.9 Å². The fraction of sp³-hybridized carbons (Fsp3) is 0.0909. The van der Waals surface area contributed by atoms with Gasteiger partial charge in [-0.1, -0.05) is 11.6 Å². The van der Waals surface area contributed by atoms with E-state index >= 15 is 0 Å². The summed E-state index contributed by atoms with van der Waals surface area (Å²) in [6.45, 7) is 0. The second-order valence-electron chi connectivity index (χ2n) is 6.70. The first-order chi connectivity index (χ1) is 15.2. The molecule has 0 saturated carbocycles. The summed E-state index contributed by atoms with van der Waals surface area (Å²) in [5.74, 6) is 0.913.